The summed E-state index contributed by atoms with van der Waals surface area (Å²) in [5, 5.41) is 15.0. The van der Waals surface area contributed by atoms with Gasteiger partial charge in [-0.1, -0.05) is 43.7 Å². The maximum absolute atomic E-state index is 12.8. The number of likely N-dealkylation sites (tertiary alicyclic amines) is 1. The van der Waals surface area contributed by atoms with Gasteiger partial charge in [0.2, 0.25) is 0 Å². The summed E-state index contributed by atoms with van der Waals surface area (Å²) in [7, 11) is 1.84. The lowest BCUT2D eigenvalue weighted by atomic mass is 9.88. The Balaban J connectivity index is 1.50. The topological polar surface area (TPSA) is 58.4 Å². The molecule has 2 heterocycles. The van der Waals surface area contributed by atoms with Gasteiger partial charge in [-0.15, -0.1) is 0 Å². The van der Waals surface area contributed by atoms with E-state index in [0.29, 0.717) is 18.8 Å². The second-order valence-corrected chi connectivity index (χ2v) is 7.62. The third-order valence-electron chi connectivity index (χ3n) is 5.60. The van der Waals surface area contributed by atoms with Gasteiger partial charge in [0.1, 0.15) is 5.69 Å². The predicted molar refractivity (Wildman–Crippen MR) is 107 cm³/mol. The number of amides is 1. The normalized spacial score (nSPS) is 16.5. The van der Waals surface area contributed by atoms with Crippen LogP contribution in [0.4, 0.5) is 0 Å². The summed E-state index contributed by atoms with van der Waals surface area (Å²) in [6.07, 6.45) is 5.03. The molecule has 1 N–H and O–H groups in total. The SMILES string of the molecule is CCCc1cc(C(=O)N2CCC([C@H](O)CCc3ccccc3)CC2)n(C)n1. The summed E-state index contributed by atoms with van der Waals surface area (Å²) in [6, 6.07) is 12.2. The molecule has 1 fully saturated rings. The van der Waals surface area contributed by atoms with Crippen molar-refractivity contribution in [3.8, 4) is 0 Å². The van der Waals surface area contributed by atoms with Crippen molar-refractivity contribution in [3.05, 3.63) is 53.3 Å². The standard InChI is InChI=1S/C22H31N3O2/c1-3-7-19-16-20(24(2)23-19)22(27)25-14-12-18(13-15-25)21(26)11-10-17-8-5-4-6-9-17/h4-6,8-9,16,18,21,26H,3,7,10-15H2,1-2H3/t21-/m1/s1. The molecule has 1 amide bonds. The minimum atomic E-state index is -0.296. The number of nitrogens with zero attached hydrogens (tertiary/aromatic N) is 3. The minimum Gasteiger partial charge on any atom is -0.393 e. The Morgan fingerprint density at radius 1 is 1.22 bits per heavy atom. The van der Waals surface area contributed by atoms with Gasteiger partial charge >= 0.3 is 0 Å². The van der Waals surface area contributed by atoms with Crippen LogP contribution in [0.3, 0.4) is 0 Å². The number of hydrogen-bond acceptors (Lipinski definition) is 3. The molecule has 0 saturated carbocycles. The number of aryl methyl sites for hydroxylation is 3. The number of rotatable bonds is 7. The van der Waals surface area contributed by atoms with Crippen molar-refractivity contribution >= 4 is 5.91 Å². The quantitative estimate of drug-likeness (QED) is 0.815. The fourth-order valence-electron chi connectivity index (χ4n) is 3.95. The molecule has 146 valence electrons. The first-order chi connectivity index (χ1) is 13.1. The highest BCUT2D eigenvalue weighted by atomic mass is 16.3. The molecule has 0 bridgehead atoms. The fraction of sp³-hybridized carbons (Fsp3) is 0.545. The Kier molecular flexibility index (Phi) is 6.67. The van der Waals surface area contributed by atoms with Crippen molar-refractivity contribution < 1.29 is 9.90 Å². The lowest BCUT2D eigenvalue weighted by molar-refractivity contribution is 0.0430. The molecule has 3 rings (SSSR count). The van der Waals surface area contributed by atoms with Gasteiger partial charge in [0.25, 0.3) is 5.91 Å². The molecule has 1 aliphatic rings. The Hall–Kier alpha value is -2.14. The van der Waals surface area contributed by atoms with Crippen LogP contribution in [0.5, 0.6) is 0 Å². The third-order valence-corrected chi connectivity index (χ3v) is 5.60. The van der Waals surface area contributed by atoms with E-state index < -0.39 is 0 Å². The molecule has 5 heteroatoms. The lowest BCUT2D eigenvalue weighted by Gasteiger charge is -2.34. The minimum absolute atomic E-state index is 0.0598. The summed E-state index contributed by atoms with van der Waals surface area (Å²) in [5.41, 5.74) is 2.92. The molecule has 1 atom stereocenters. The van der Waals surface area contributed by atoms with Crippen LogP contribution in [0.15, 0.2) is 36.4 Å². The van der Waals surface area contributed by atoms with E-state index in [1.54, 1.807) is 4.68 Å². The number of piperidine rings is 1. The number of benzene rings is 1. The second kappa shape index (κ2) is 9.18. The second-order valence-electron chi connectivity index (χ2n) is 7.62. The summed E-state index contributed by atoms with van der Waals surface area (Å²) >= 11 is 0. The number of aromatic nitrogens is 2. The molecule has 1 aliphatic heterocycles. The van der Waals surface area contributed by atoms with E-state index in [1.807, 2.05) is 36.2 Å². The van der Waals surface area contributed by atoms with Crippen LogP contribution in [0.2, 0.25) is 0 Å². The molecule has 1 saturated heterocycles. The van der Waals surface area contributed by atoms with Gasteiger partial charge in [-0.3, -0.25) is 9.48 Å². The first-order valence-corrected chi connectivity index (χ1v) is 10.1. The van der Waals surface area contributed by atoms with E-state index in [0.717, 1.165) is 44.2 Å². The average molecular weight is 370 g/mol. The summed E-state index contributed by atoms with van der Waals surface area (Å²) in [4.78, 5) is 14.7. The zero-order valence-electron chi connectivity index (χ0n) is 16.5. The van der Waals surface area contributed by atoms with Crippen molar-refractivity contribution in [2.75, 3.05) is 13.1 Å². The van der Waals surface area contributed by atoms with Crippen molar-refractivity contribution in [3.63, 3.8) is 0 Å². The van der Waals surface area contributed by atoms with Crippen molar-refractivity contribution in [2.24, 2.45) is 13.0 Å². The zero-order chi connectivity index (χ0) is 19.2. The molecule has 0 spiro atoms. The smallest absolute Gasteiger partial charge is 0.272 e. The average Bonchev–Trinajstić information content (AvgIpc) is 3.07. The van der Waals surface area contributed by atoms with Gasteiger partial charge in [0.15, 0.2) is 0 Å². The lowest BCUT2D eigenvalue weighted by Crippen LogP contribution is -2.41. The number of aliphatic hydroxyl groups excluding tert-OH is 1. The van der Waals surface area contributed by atoms with Crippen LogP contribution in [0.1, 0.15) is 54.4 Å². The van der Waals surface area contributed by atoms with E-state index in [9.17, 15) is 9.90 Å². The maximum Gasteiger partial charge on any atom is 0.272 e. The van der Waals surface area contributed by atoms with Gasteiger partial charge in [-0.2, -0.15) is 5.10 Å². The van der Waals surface area contributed by atoms with Gasteiger partial charge in [-0.25, -0.2) is 0 Å². The van der Waals surface area contributed by atoms with Crippen molar-refractivity contribution in [1.29, 1.82) is 0 Å². The third kappa shape index (κ3) is 4.98. The summed E-state index contributed by atoms with van der Waals surface area (Å²) < 4.78 is 1.70. The molecule has 0 aliphatic carbocycles. The molecule has 1 aromatic carbocycles. The predicted octanol–water partition coefficient (Wildman–Crippen LogP) is 3.22. The van der Waals surface area contributed by atoms with Gasteiger partial charge in [0.05, 0.1) is 11.8 Å². The van der Waals surface area contributed by atoms with Crippen LogP contribution < -0.4 is 0 Å². The van der Waals surface area contributed by atoms with E-state index in [-0.39, 0.29) is 17.9 Å². The van der Waals surface area contributed by atoms with Crippen LogP contribution >= 0.6 is 0 Å². The molecule has 27 heavy (non-hydrogen) atoms. The molecule has 0 unspecified atom stereocenters. The highest BCUT2D eigenvalue weighted by molar-refractivity contribution is 5.92. The molecule has 2 aromatic rings. The van der Waals surface area contributed by atoms with Crippen LogP contribution in [0.25, 0.3) is 0 Å². The van der Waals surface area contributed by atoms with E-state index in [2.05, 4.69) is 24.2 Å². The Morgan fingerprint density at radius 3 is 2.59 bits per heavy atom. The van der Waals surface area contributed by atoms with E-state index in [4.69, 9.17) is 0 Å². The van der Waals surface area contributed by atoms with Crippen LogP contribution in [-0.4, -0.2) is 44.9 Å². The monoisotopic (exact) mass is 369 g/mol. The number of hydrogen-bond donors (Lipinski definition) is 1. The largest absolute Gasteiger partial charge is 0.393 e. The molecular formula is C22H31N3O2. The Labute approximate surface area is 162 Å². The van der Waals surface area contributed by atoms with E-state index in [1.165, 1.54) is 5.56 Å². The number of carbonyl (C=O) groups excluding carboxylic acids is 1. The Bertz CT molecular complexity index is 733. The highest BCUT2D eigenvalue weighted by Crippen LogP contribution is 2.24. The van der Waals surface area contributed by atoms with Crippen LogP contribution in [-0.2, 0) is 19.9 Å². The highest BCUT2D eigenvalue weighted by Gasteiger charge is 2.29. The van der Waals surface area contributed by atoms with Gasteiger partial charge in [0, 0.05) is 20.1 Å². The first kappa shape index (κ1) is 19.6. The molecular weight excluding hydrogens is 338 g/mol. The molecule has 0 radical (unpaired) electrons. The van der Waals surface area contributed by atoms with Gasteiger partial charge < -0.3 is 10.0 Å². The van der Waals surface area contributed by atoms with Crippen LogP contribution in [0, 0.1) is 5.92 Å². The summed E-state index contributed by atoms with van der Waals surface area (Å²) in [6.45, 7) is 3.53. The fourth-order valence-corrected chi connectivity index (χ4v) is 3.95. The number of aliphatic hydroxyl groups is 1. The van der Waals surface area contributed by atoms with Gasteiger partial charge in [-0.05, 0) is 49.7 Å². The molecule has 5 nitrogen and oxygen atoms in total. The summed E-state index contributed by atoms with van der Waals surface area (Å²) in [5.74, 6) is 0.338. The first-order valence-electron chi connectivity index (χ1n) is 10.1. The Morgan fingerprint density at radius 2 is 1.93 bits per heavy atom. The number of carbonyl (C=O) groups is 1. The maximum atomic E-state index is 12.8. The van der Waals surface area contributed by atoms with E-state index >= 15 is 0 Å². The zero-order valence-corrected chi connectivity index (χ0v) is 16.5. The molecule has 1 aromatic heterocycles. The van der Waals surface area contributed by atoms with Crippen molar-refractivity contribution in [1.82, 2.24) is 14.7 Å². The van der Waals surface area contributed by atoms with Crippen molar-refractivity contribution in [2.45, 2.75) is 51.6 Å².